The topological polar surface area (TPSA) is 98.8 Å². The summed E-state index contributed by atoms with van der Waals surface area (Å²) in [5.74, 6) is -1.02. The summed E-state index contributed by atoms with van der Waals surface area (Å²) in [6, 6.07) is 20.4. The first-order valence-corrected chi connectivity index (χ1v) is 15.1. The lowest BCUT2D eigenvalue weighted by molar-refractivity contribution is 0.0597. The van der Waals surface area contributed by atoms with Crippen LogP contribution in [-0.2, 0) is 0 Å². The van der Waals surface area contributed by atoms with E-state index in [2.05, 4.69) is 24.5 Å². The fraction of sp³-hybridized carbons (Fsp3) is 0.314. The largest absolute Gasteiger partial charge is 0.315 e. The molecule has 8 heteroatoms. The lowest BCUT2D eigenvalue weighted by Crippen LogP contribution is -2.44. The highest BCUT2D eigenvalue weighted by molar-refractivity contribution is 6.26. The average molecular weight is 579 g/mol. The SMILES string of the molecule is CCC.Cc1ccc2c3c(cccc13)C(=O)N(CCNCCCNCCN1C(=O)c3cccc4cccc(c34)C1=O)C2=O. The first kappa shape index (κ1) is 30.1. The zero-order valence-corrected chi connectivity index (χ0v) is 25.0. The molecule has 0 aromatic heterocycles. The van der Waals surface area contributed by atoms with E-state index in [1.165, 1.54) is 16.2 Å². The first-order chi connectivity index (χ1) is 20.9. The van der Waals surface area contributed by atoms with Gasteiger partial charge in [0.25, 0.3) is 23.6 Å². The van der Waals surface area contributed by atoms with E-state index in [9.17, 15) is 19.2 Å². The third kappa shape index (κ3) is 5.81. The Morgan fingerprint density at radius 1 is 0.558 bits per heavy atom. The second kappa shape index (κ2) is 13.3. The van der Waals surface area contributed by atoms with Crippen molar-refractivity contribution in [2.75, 3.05) is 39.3 Å². The molecule has 2 heterocycles. The molecule has 4 aromatic carbocycles. The molecule has 8 nitrogen and oxygen atoms in total. The minimum absolute atomic E-state index is 0.252. The molecule has 0 radical (unpaired) electrons. The van der Waals surface area contributed by atoms with Crippen LogP contribution >= 0.6 is 0 Å². The normalized spacial score (nSPS) is 14.0. The van der Waals surface area contributed by atoms with Gasteiger partial charge in [-0.3, -0.25) is 29.0 Å². The minimum atomic E-state index is -0.256. The predicted octanol–water partition coefficient (Wildman–Crippen LogP) is 5.18. The monoisotopic (exact) mass is 578 g/mol. The van der Waals surface area contributed by atoms with Crippen molar-refractivity contribution in [3.05, 3.63) is 94.5 Å². The fourth-order valence-electron chi connectivity index (χ4n) is 5.75. The summed E-state index contributed by atoms with van der Waals surface area (Å²) in [6.07, 6.45) is 2.06. The zero-order valence-electron chi connectivity index (χ0n) is 25.0. The lowest BCUT2D eigenvalue weighted by atomic mass is 9.92. The van der Waals surface area contributed by atoms with E-state index in [-0.39, 0.29) is 23.6 Å². The molecule has 6 rings (SSSR count). The second-order valence-electron chi connectivity index (χ2n) is 11.0. The van der Waals surface area contributed by atoms with E-state index in [1.54, 1.807) is 18.2 Å². The molecule has 43 heavy (non-hydrogen) atoms. The molecule has 2 aliphatic heterocycles. The Kier molecular flexibility index (Phi) is 9.28. The predicted molar refractivity (Wildman–Crippen MR) is 170 cm³/mol. The number of rotatable bonds is 10. The van der Waals surface area contributed by atoms with Gasteiger partial charge in [-0.1, -0.05) is 62.7 Å². The number of benzene rings is 4. The second-order valence-corrected chi connectivity index (χ2v) is 11.0. The maximum atomic E-state index is 13.1. The molecule has 2 N–H and O–H groups in total. The number of carbonyl (C=O) groups is 4. The number of nitrogens with one attached hydrogen (secondary N) is 2. The van der Waals surface area contributed by atoms with Crippen LogP contribution in [-0.4, -0.2) is 72.7 Å². The van der Waals surface area contributed by atoms with Gasteiger partial charge in [0.1, 0.15) is 0 Å². The van der Waals surface area contributed by atoms with Crippen molar-refractivity contribution in [3.63, 3.8) is 0 Å². The van der Waals surface area contributed by atoms with Crippen LogP contribution in [0.3, 0.4) is 0 Å². The first-order valence-electron chi connectivity index (χ1n) is 15.1. The van der Waals surface area contributed by atoms with Gasteiger partial charge in [0.15, 0.2) is 0 Å². The van der Waals surface area contributed by atoms with Gasteiger partial charge in [-0.05, 0) is 67.0 Å². The summed E-state index contributed by atoms with van der Waals surface area (Å²) in [4.78, 5) is 54.7. The van der Waals surface area contributed by atoms with Gasteiger partial charge in [0.05, 0.1) is 0 Å². The molecule has 0 unspecified atom stereocenters. The van der Waals surface area contributed by atoms with Crippen molar-refractivity contribution in [1.82, 2.24) is 20.4 Å². The molecular formula is C35H38N4O4. The Balaban J connectivity index is 0.00000118. The third-order valence-corrected chi connectivity index (χ3v) is 7.80. The highest BCUT2D eigenvalue weighted by atomic mass is 16.2. The molecule has 222 valence electrons. The molecule has 0 bridgehead atoms. The summed E-state index contributed by atoms with van der Waals surface area (Å²) in [5, 5.41) is 9.93. The maximum Gasteiger partial charge on any atom is 0.261 e. The summed E-state index contributed by atoms with van der Waals surface area (Å²) in [6.45, 7) is 9.21. The molecule has 0 aliphatic carbocycles. The fourth-order valence-corrected chi connectivity index (χ4v) is 5.75. The number of imide groups is 2. The van der Waals surface area contributed by atoms with Crippen LogP contribution in [0, 0.1) is 6.92 Å². The summed E-state index contributed by atoms with van der Waals surface area (Å²) in [5.41, 5.74) is 3.33. The molecule has 0 spiro atoms. The summed E-state index contributed by atoms with van der Waals surface area (Å²) >= 11 is 0. The average Bonchev–Trinajstić information content (AvgIpc) is 3.01. The number of carbonyl (C=O) groups excluding carboxylic acids is 4. The Labute approximate surface area is 252 Å². The maximum absolute atomic E-state index is 13.1. The van der Waals surface area contributed by atoms with E-state index in [4.69, 9.17) is 0 Å². The van der Waals surface area contributed by atoms with E-state index in [1.807, 2.05) is 55.5 Å². The van der Waals surface area contributed by atoms with Gasteiger partial charge in [-0.15, -0.1) is 0 Å². The highest BCUT2D eigenvalue weighted by Gasteiger charge is 2.33. The van der Waals surface area contributed by atoms with Gasteiger partial charge in [0.2, 0.25) is 0 Å². The van der Waals surface area contributed by atoms with Crippen LogP contribution in [0.2, 0.25) is 0 Å². The van der Waals surface area contributed by atoms with Gasteiger partial charge in [0, 0.05) is 59.2 Å². The molecule has 4 aromatic rings. The van der Waals surface area contributed by atoms with E-state index >= 15 is 0 Å². The van der Waals surface area contributed by atoms with Crippen LogP contribution in [0.15, 0.2) is 66.7 Å². The van der Waals surface area contributed by atoms with Crippen molar-refractivity contribution >= 4 is 45.2 Å². The third-order valence-electron chi connectivity index (χ3n) is 7.80. The van der Waals surface area contributed by atoms with E-state index in [0.29, 0.717) is 61.5 Å². The van der Waals surface area contributed by atoms with Crippen LogP contribution in [0.5, 0.6) is 0 Å². The van der Waals surface area contributed by atoms with E-state index < -0.39 is 0 Å². The lowest BCUT2D eigenvalue weighted by Gasteiger charge is -2.27. The molecule has 0 saturated heterocycles. The summed E-state index contributed by atoms with van der Waals surface area (Å²) < 4.78 is 0. The van der Waals surface area contributed by atoms with Gasteiger partial charge in [-0.2, -0.15) is 0 Å². The van der Waals surface area contributed by atoms with Crippen LogP contribution in [0.1, 0.15) is 73.7 Å². The van der Waals surface area contributed by atoms with Gasteiger partial charge in [-0.25, -0.2) is 0 Å². The molecule has 0 atom stereocenters. The van der Waals surface area contributed by atoms with Crippen molar-refractivity contribution in [1.29, 1.82) is 0 Å². The van der Waals surface area contributed by atoms with Crippen LogP contribution in [0.4, 0.5) is 0 Å². The minimum Gasteiger partial charge on any atom is -0.315 e. The molecule has 2 aliphatic rings. The van der Waals surface area contributed by atoms with Crippen molar-refractivity contribution in [2.45, 2.75) is 33.6 Å². The molecular weight excluding hydrogens is 540 g/mol. The zero-order chi connectivity index (χ0) is 30.5. The Morgan fingerprint density at radius 2 is 1.00 bits per heavy atom. The van der Waals surface area contributed by atoms with E-state index in [0.717, 1.165) is 33.5 Å². The molecule has 0 fully saturated rings. The summed E-state index contributed by atoms with van der Waals surface area (Å²) in [7, 11) is 0. The Hall–Kier alpha value is -4.40. The Bertz CT molecular complexity index is 1640. The number of aryl methyl sites for hydroxylation is 1. The molecule has 0 saturated carbocycles. The van der Waals surface area contributed by atoms with Crippen LogP contribution in [0.25, 0.3) is 21.5 Å². The number of hydrogen-bond donors (Lipinski definition) is 2. The van der Waals surface area contributed by atoms with Gasteiger partial charge < -0.3 is 10.6 Å². The van der Waals surface area contributed by atoms with Crippen molar-refractivity contribution in [2.24, 2.45) is 0 Å². The van der Waals surface area contributed by atoms with Crippen molar-refractivity contribution < 1.29 is 19.2 Å². The van der Waals surface area contributed by atoms with Gasteiger partial charge >= 0.3 is 0 Å². The quantitative estimate of drug-likeness (QED) is 0.199. The highest BCUT2D eigenvalue weighted by Crippen LogP contribution is 2.32. The number of nitrogens with zero attached hydrogens (tertiary/aromatic N) is 2. The number of hydrogen-bond acceptors (Lipinski definition) is 6. The number of amides is 4. The standard InChI is InChI=1S/C32H30N4O4.C3H8/c1-20-12-13-26-28-22(20)8-4-11-25(28)31(39)36(32(26)40)19-17-34-15-5-14-33-16-18-35-29(37)23-9-2-6-21-7-3-10-24(27(21)23)30(35)38;1-3-2/h2-4,6-13,33-34H,5,14-19H2,1H3;3H2,1-2H3. The smallest absolute Gasteiger partial charge is 0.261 e. The Morgan fingerprint density at radius 3 is 1.51 bits per heavy atom. The van der Waals surface area contributed by atoms with Crippen LogP contribution < -0.4 is 10.6 Å². The molecule has 4 amide bonds. The van der Waals surface area contributed by atoms with Crippen molar-refractivity contribution in [3.8, 4) is 0 Å².